The van der Waals surface area contributed by atoms with Gasteiger partial charge in [-0.2, -0.15) is 11.3 Å². The van der Waals surface area contributed by atoms with Gasteiger partial charge in [-0.1, -0.05) is 0 Å². The van der Waals surface area contributed by atoms with E-state index in [-0.39, 0.29) is 11.9 Å². The van der Waals surface area contributed by atoms with Crippen LogP contribution in [0.15, 0.2) is 59.8 Å². The average molecular weight is 341 g/mol. The lowest BCUT2D eigenvalue weighted by Gasteiger charge is -2.18. The lowest BCUT2D eigenvalue weighted by molar-refractivity contribution is -0.121. The molecule has 0 bridgehead atoms. The van der Waals surface area contributed by atoms with Crippen molar-refractivity contribution in [2.45, 2.75) is 12.5 Å². The van der Waals surface area contributed by atoms with Crippen molar-refractivity contribution in [2.75, 3.05) is 18.4 Å². The first kappa shape index (κ1) is 16.2. The summed E-state index contributed by atoms with van der Waals surface area (Å²) in [6, 6.07) is 7.80. The van der Waals surface area contributed by atoms with Crippen LogP contribution in [0, 0.1) is 0 Å². The summed E-state index contributed by atoms with van der Waals surface area (Å²) in [5.41, 5.74) is 1.15. The molecule has 0 aliphatic rings. The fourth-order valence-corrected chi connectivity index (χ4v) is 3.14. The SMILES string of the molecule is O=C(C[C@@H](c1ccsc1)n1cccc1)NCCNc1ncccn1. The van der Waals surface area contributed by atoms with Crippen LogP contribution < -0.4 is 10.6 Å². The van der Waals surface area contributed by atoms with E-state index in [9.17, 15) is 4.79 Å². The van der Waals surface area contributed by atoms with E-state index in [1.165, 1.54) is 0 Å². The maximum Gasteiger partial charge on any atom is 0.222 e. The largest absolute Gasteiger partial charge is 0.354 e. The van der Waals surface area contributed by atoms with E-state index < -0.39 is 0 Å². The molecule has 7 heteroatoms. The van der Waals surface area contributed by atoms with E-state index in [0.717, 1.165) is 5.56 Å². The molecule has 0 fully saturated rings. The van der Waals surface area contributed by atoms with E-state index in [1.54, 1.807) is 29.8 Å². The molecule has 0 saturated carbocycles. The molecule has 24 heavy (non-hydrogen) atoms. The minimum absolute atomic E-state index is 0.0238. The molecule has 0 aliphatic carbocycles. The normalized spacial score (nSPS) is 11.8. The molecule has 6 nitrogen and oxygen atoms in total. The molecule has 0 aromatic carbocycles. The van der Waals surface area contributed by atoms with E-state index in [1.807, 2.05) is 29.9 Å². The Labute approximate surface area is 144 Å². The van der Waals surface area contributed by atoms with Gasteiger partial charge in [-0.3, -0.25) is 4.79 Å². The molecule has 1 amide bonds. The van der Waals surface area contributed by atoms with Gasteiger partial charge in [0.15, 0.2) is 0 Å². The van der Waals surface area contributed by atoms with Gasteiger partial charge >= 0.3 is 0 Å². The molecule has 0 radical (unpaired) electrons. The smallest absolute Gasteiger partial charge is 0.222 e. The van der Waals surface area contributed by atoms with Crippen molar-refractivity contribution in [3.63, 3.8) is 0 Å². The predicted molar refractivity (Wildman–Crippen MR) is 95.0 cm³/mol. The Hall–Kier alpha value is -2.67. The third-order valence-electron chi connectivity index (χ3n) is 3.59. The van der Waals surface area contributed by atoms with Crippen molar-refractivity contribution >= 4 is 23.2 Å². The van der Waals surface area contributed by atoms with Gasteiger partial charge < -0.3 is 15.2 Å². The minimum Gasteiger partial charge on any atom is -0.354 e. The van der Waals surface area contributed by atoms with Crippen LogP contribution in [-0.4, -0.2) is 33.5 Å². The minimum atomic E-state index is 0.0238. The first-order chi connectivity index (χ1) is 11.8. The van der Waals surface area contributed by atoms with Crippen LogP contribution in [-0.2, 0) is 4.79 Å². The highest BCUT2D eigenvalue weighted by Gasteiger charge is 2.17. The number of carbonyl (C=O) groups is 1. The fraction of sp³-hybridized carbons (Fsp3) is 0.235. The van der Waals surface area contributed by atoms with Crippen molar-refractivity contribution in [3.05, 3.63) is 65.4 Å². The number of hydrogen-bond acceptors (Lipinski definition) is 5. The summed E-state index contributed by atoms with van der Waals surface area (Å²) < 4.78 is 2.07. The number of nitrogens with zero attached hydrogens (tertiary/aromatic N) is 3. The molecule has 3 aromatic rings. The van der Waals surface area contributed by atoms with Crippen molar-refractivity contribution < 1.29 is 4.79 Å². The van der Waals surface area contributed by atoms with Gasteiger partial charge in [0, 0.05) is 37.9 Å². The standard InChI is InChI=1S/C17H19N5OS/c23-16(18-7-8-21-17-19-5-3-6-20-17)12-15(14-4-11-24-13-14)22-9-1-2-10-22/h1-6,9-11,13,15H,7-8,12H2,(H,18,23)(H,19,20,21)/t15-/m0/s1. The maximum atomic E-state index is 12.3. The van der Waals surface area contributed by atoms with Crippen molar-refractivity contribution in [1.82, 2.24) is 19.9 Å². The highest BCUT2D eigenvalue weighted by Crippen LogP contribution is 2.24. The number of thiophene rings is 1. The molecule has 1 atom stereocenters. The first-order valence-electron chi connectivity index (χ1n) is 7.75. The number of aromatic nitrogens is 3. The summed E-state index contributed by atoms with van der Waals surface area (Å²) in [4.78, 5) is 20.4. The maximum absolute atomic E-state index is 12.3. The second-order valence-electron chi connectivity index (χ2n) is 5.26. The van der Waals surface area contributed by atoms with E-state index in [2.05, 4.69) is 36.6 Å². The molecular weight excluding hydrogens is 322 g/mol. The predicted octanol–water partition coefficient (Wildman–Crippen LogP) is 2.55. The Morgan fingerprint density at radius 3 is 2.67 bits per heavy atom. The second kappa shape index (κ2) is 8.26. The topological polar surface area (TPSA) is 71.8 Å². The van der Waals surface area contributed by atoms with Gasteiger partial charge in [-0.05, 0) is 40.6 Å². The Morgan fingerprint density at radius 1 is 1.17 bits per heavy atom. The summed E-state index contributed by atoms with van der Waals surface area (Å²) in [6.45, 7) is 1.11. The molecule has 0 saturated heterocycles. The lowest BCUT2D eigenvalue weighted by Crippen LogP contribution is -2.31. The highest BCUT2D eigenvalue weighted by atomic mass is 32.1. The second-order valence-corrected chi connectivity index (χ2v) is 6.04. The zero-order valence-corrected chi connectivity index (χ0v) is 13.9. The van der Waals surface area contributed by atoms with E-state index >= 15 is 0 Å². The Balaban J connectivity index is 1.49. The van der Waals surface area contributed by atoms with E-state index in [0.29, 0.717) is 25.5 Å². The number of rotatable bonds is 8. The molecule has 3 heterocycles. The number of anilines is 1. The summed E-state index contributed by atoms with van der Waals surface area (Å²) in [5.74, 6) is 0.589. The monoisotopic (exact) mass is 341 g/mol. The summed E-state index contributed by atoms with van der Waals surface area (Å²) >= 11 is 1.64. The molecular formula is C17H19N5OS. The summed E-state index contributed by atoms with van der Waals surface area (Å²) in [5, 5.41) is 10.1. The van der Waals surface area contributed by atoms with Crippen molar-refractivity contribution in [2.24, 2.45) is 0 Å². The van der Waals surface area contributed by atoms with Crippen LogP contribution in [0.25, 0.3) is 0 Å². The molecule has 2 N–H and O–H groups in total. The third-order valence-corrected chi connectivity index (χ3v) is 4.29. The third kappa shape index (κ3) is 4.42. The van der Waals surface area contributed by atoms with Crippen LogP contribution in [0.3, 0.4) is 0 Å². The zero-order chi connectivity index (χ0) is 16.6. The lowest BCUT2D eigenvalue weighted by atomic mass is 10.1. The fourth-order valence-electron chi connectivity index (χ4n) is 2.43. The summed E-state index contributed by atoms with van der Waals surface area (Å²) in [7, 11) is 0. The van der Waals surface area contributed by atoms with Crippen LogP contribution in [0.1, 0.15) is 18.0 Å². The molecule has 0 spiro atoms. The molecule has 3 aromatic heterocycles. The molecule has 124 valence electrons. The van der Waals surface area contributed by atoms with Gasteiger partial charge in [0.25, 0.3) is 0 Å². The quantitative estimate of drug-likeness (QED) is 0.618. The van der Waals surface area contributed by atoms with Gasteiger partial charge in [0.05, 0.1) is 12.5 Å². The van der Waals surface area contributed by atoms with Crippen molar-refractivity contribution in [1.29, 1.82) is 0 Å². The Morgan fingerprint density at radius 2 is 1.96 bits per heavy atom. The van der Waals surface area contributed by atoms with Crippen molar-refractivity contribution in [3.8, 4) is 0 Å². The van der Waals surface area contributed by atoms with Gasteiger partial charge in [0.2, 0.25) is 11.9 Å². The molecule has 0 unspecified atom stereocenters. The molecule has 3 rings (SSSR count). The number of carbonyl (C=O) groups excluding carboxylic acids is 1. The van der Waals surface area contributed by atoms with Gasteiger partial charge in [-0.25, -0.2) is 9.97 Å². The van der Waals surface area contributed by atoms with Gasteiger partial charge in [-0.15, -0.1) is 0 Å². The number of amides is 1. The zero-order valence-electron chi connectivity index (χ0n) is 13.1. The average Bonchev–Trinajstić information content (AvgIpc) is 3.31. The van der Waals surface area contributed by atoms with Crippen LogP contribution in [0.5, 0.6) is 0 Å². The number of nitrogens with one attached hydrogen (secondary N) is 2. The Kier molecular flexibility index (Phi) is 5.57. The first-order valence-corrected chi connectivity index (χ1v) is 8.69. The highest BCUT2D eigenvalue weighted by molar-refractivity contribution is 7.08. The van der Waals surface area contributed by atoms with Crippen LogP contribution in [0.4, 0.5) is 5.95 Å². The summed E-state index contributed by atoms with van der Waals surface area (Å²) in [6.07, 6.45) is 7.74. The van der Waals surface area contributed by atoms with Gasteiger partial charge in [0.1, 0.15) is 0 Å². The van der Waals surface area contributed by atoms with Crippen LogP contribution in [0.2, 0.25) is 0 Å². The van der Waals surface area contributed by atoms with Crippen LogP contribution >= 0.6 is 11.3 Å². The number of hydrogen-bond donors (Lipinski definition) is 2. The molecule has 0 aliphatic heterocycles. The van der Waals surface area contributed by atoms with E-state index in [4.69, 9.17) is 0 Å². The Bertz CT molecular complexity index is 693.